The SMILES string of the molecule is COc1c(N(C)C)ccc2c1C(=O)N(C1CCC(=O)NC1=O)C2. The first-order chi connectivity index (χ1) is 10.9. The van der Waals surface area contributed by atoms with Gasteiger partial charge in [0, 0.05) is 27.1 Å². The second-order valence-corrected chi connectivity index (χ2v) is 5.95. The lowest BCUT2D eigenvalue weighted by Crippen LogP contribution is -2.52. The Kier molecular flexibility index (Phi) is 3.71. The Balaban J connectivity index is 1.96. The topological polar surface area (TPSA) is 79.0 Å². The second-order valence-electron chi connectivity index (χ2n) is 5.95. The molecule has 2 aliphatic heterocycles. The summed E-state index contributed by atoms with van der Waals surface area (Å²) in [4.78, 5) is 39.6. The molecule has 0 radical (unpaired) electrons. The molecule has 1 N–H and O–H groups in total. The van der Waals surface area contributed by atoms with Crippen LogP contribution in [0, 0.1) is 0 Å². The lowest BCUT2D eigenvalue weighted by molar-refractivity contribution is -0.136. The smallest absolute Gasteiger partial charge is 0.259 e. The number of hydrogen-bond donors (Lipinski definition) is 1. The third-order valence-corrected chi connectivity index (χ3v) is 4.31. The van der Waals surface area contributed by atoms with E-state index in [2.05, 4.69) is 5.32 Å². The van der Waals surface area contributed by atoms with E-state index >= 15 is 0 Å². The minimum atomic E-state index is -0.611. The monoisotopic (exact) mass is 317 g/mol. The van der Waals surface area contributed by atoms with Gasteiger partial charge in [-0.1, -0.05) is 6.07 Å². The summed E-state index contributed by atoms with van der Waals surface area (Å²) in [6.45, 7) is 0.352. The zero-order valence-corrected chi connectivity index (χ0v) is 13.4. The van der Waals surface area contributed by atoms with Crippen molar-refractivity contribution in [3.8, 4) is 5.75 Å². The highest BCUT2D eigenvalue weighted by molar-refractivity contribution is 6.07. The molecule has 1 aromatic carbocycles. The summed E-state index contributed by atoms with van der Waals surface area (Å²) in [5.74, 6) is -0.403. The highest BCUT2D eigenvalue weighted by atomic mass is 16.5. The Morgan fingerprint density at radius 1 is 1.26 bits per heavy atom. The number of ether oxygens (including phenoxy) is 1. The van der Waals surface area contributed by atoms with Gasteiger partial charge in [-0.3, -0.25) is 19.7 Å². The fourth-order valence-electron chi connectivity index (χ4n) is 3.17. The molecule has 1 unspecified atom stereocenters. The fraction of sp³-hybridized carbons (Fsp3) is 0.438. The predicted molar refractivity (Wildman–Crippen MR) is 83.4 cm³/mol. The standard InChI is InChI=1S/C16H19N3O4/c1-18(2)10-5-4-9-8-19(16(22)13(9)14(10)23-3)11-6-7-12(20)17-15(11)21/h4-5,11H,6-8H2,1-3H3,(H,17,20,21). The van der Waals surface area contributed by atoms with Crippen LogP contribution in [-0.4, -0.2) is 49.9 Å². The molecule has 3 rings (SSSR count). The molecule has 2 aliphatic rings. The van der Waals surface area contributed by atoms with E-state index in [0.29, 0.717) is 24.3 Å². The van der Waals surface area contributed by atoms with E-state index in [4.69, 9.17) is 4.74 Å². The molecule has 0 bridgehead atoms. The van der Waals surface area contributed by atoms with Crippen LogP contribution in [-0.2, 0) is 16.1 Å². The number of hydrogen-bond acceptors (Lipinski definition) is 5. The normalized spacial score (nSPS) is 20.4. The van der Waals surface area contributed by atoms with Crippen molar-refractivity contribution in [1.82, 2.24) is 10.2 Å². The van der Waals surface area contributed by atoms with Crippen LogP contribution in [0.3, 0.4) is 0 Å². The van der Waals surface area contributed by atoms with E-state index in [1.54, 1.807) is 0 Å². The molecular formula is C16H19N3O4. The van der Waals surface area contributed by atoms with Crippen molar-refractivity contribution in [2.75, 3.05) is 26.1 Å². The maximum Gasteiger partial charge on any atom is 0.259 e. The van der Waals surface area contributed by atoms with Crippen LogP contribution < -0.4 is 15.0 Å². The summed E-state index contributed by atoms with van der Waals surface area (Å²) in [7, 11) is 5.29. The van der Waals surface area contributed by atoms with E-state index in [1.165, 1.54) is 12.0 Å². The van der Waals surface area contributed by atoms with Crippen LogP contribution in [0.5, 0.6) is 5.75 Å². The average Bonchev–Trinajstić information content (AvgIpc) is 2.83. The summed E-state index contributed by atoms with van der Waals surface area (Å²) in [6.07, 6.45) is 0.601. The van der Waals surface area contributed by atoms with Crippen molar-refractivity contribution in [3.63, 3.8) is 0 Å². The van der Waals surface area contributed by atoms with Gasteiger partial charge in [0.15, 0.2) is 5.75 Å². The quantitative estimate of drug-likeness (QED) is 0.822. The van der Waals surface area contributed by atoms with Gasteiger partial charge in [0.1, 0.15) is 6.04 Å². The fourth-order valence-corrected chi connectivity index (χ4v) is 3.17. The van der Waals surface area contributed by atoms with Gasteiger partial charge in [-0.2, -0.15) is 0 Å². The van der Waals surface area contributed by atoms with Gasteiger partial charge in [-0.15, -0.1) is 0 Å². The van der Waals surface area contributed by atoms with E-state index < -0.39 is 11.9 Å². The van der Waals surface area contributed by atoms with Crippen molar-refractivity contribution in [3.05, 3.63) is 23.3 Å². The lowest BCUT2D eigenvalue weighted by Gasteiger charge is -2.29. The Labute approximate surface area is 134 Å². The number of nitrogens with one attached hydrogen (secondary N) is 1. The third kappa shape index (κ3) is 2.42. The number of nitrogens with zero attached hydrogens (tertiary/aromatic N) is 2. The zero-order chi connectivity index (χ0) is 16.7. The minimum Gasteiger partial charge on any atom is -0.494 e. The van der Waals surface area contributed by atoms with E-state index in [-0.39, 0.29) is 18.2 Å². The summed E-state index contributed by atoms with van der Waals surface area (Å²) in [6, 6.07) is 3.18. The number of piperidine rings is 1. The van der Waals surface area contributed by atoms with Gasteiger partial charge in [0.05, 0.1) is 18.4 Å². The molecule has 0 spiro atoms. The highest BCUT2D eigenvalue weighted by Gasteiger charge is 2.41. The van der Waals surface area contributed by atoms with Crippen molar-refractivity contribution in [1.29, 1.82) is 0 Å². The number of fused-ring (bicyclic) bond motifs is 1. The third-order valence-electron chi connectivity index (χ3n) is 4.31. The number of imide groups is 1. The van der Waals surface area contributed by atoms with E-state index in [1.807, 2.05) is 31.1 Å². The van der Waals surface area contributed by atoms with Gasteiger partial charge in [-0.05, 0) is 18.1 Å². The summed E-state index contributed by atoms with van der Waals surface area (Å²) in [5.41, 5.74) is 2.15. The van der Waals surface area contributed by atoms with E-state index in [9.17, 15) is 14.4 Å². The van der Waals surface area contributed by atoms with Gasteiger partial charge < -0.3 is 14.5 Å². The lowest BCUT2D eigenvalue weighted by atomic mass is 10.0. The summed E-state index contributed by atoms with van der Waals surface area (Å²) >= 11 is 0. The Hall–Kier alpha value is -2.57. The van der Waals surface area contributed by atoms with Gasteiger partial charge >= 0.3 is 0 Å². The van der Waals surface area contributed by atoms with Gasteiger partial charge in [0.2, 0.25) is 11.8 Å². The molecule has 0 saturated carbocycles. The first-order valence-corrected chi connectivity index (χ1v) is 7.46. The van der Waals surface area contributed by atoms with Crippen LogP contribution in [0.1, 0.15) is 28.8 Å². The largest absolute Gasteiger partial charge is 0.494 e. The Bertz CT molecular complexity index is 699. The van der Waals surface area contributed by atoms with Crippen molar-refractivity contribution in [2.45, 2.75) is 25.4 Å². The molecule has 1 fully saturated rings. The van der Waals surface area contributed by atoms with Crippen molar-refractivity contribution < 1.29 is 19.1 Å². The highest BCUT2D eigenvalue weighted by Crippen LogP contribution is 2.39. The van der Waals surface area contributed by atoms with Crippen LogP contribution in [0.4, 0.5) is 5.69 Å². The predicted octanol–water partition coefficient (Wildman–Crippen LogP) is 0.522. The molecule has 7 nitrogen and oxygen atoms in total. The summed E-state index contributed by atoms with van der Waals surface area (Å²) in [5, 5.41) is 2.30. The number of amides is 3. The van der Waals surface area contributed by atoms with Gasteiger partial charge in [0.25, 0.3) is 5.91 Å². The molecule has 122 valence electrons. The maximum absolute atomic E-state index is 12.8. The molecular weight excluding hydrogens is 298 g/mol. The molecule has 3 amide bonds. The number of benzene rings is 1. The first-order valence-electron chi connectivity index (χ1n) is 7.46. The van der Waals surface area contributed by atoms with Gasteiger partial charge in [-0.25, -0.2) is 0 Å². The Morgan fingerprint density at radius 2 is 2.00 bits per heavy atom. The minimum absolute atomic E-state index is 0.227. The number of anilines is 1. The average molecular weight is 317 g/mol. The number of rotatable bonds is 3. The molecule has 1 aromatic rings. The van der Waals surface area contributed by atoms with Crippen LogP contribution in [0.15, 0.2) is 12.1 Å². The van der Waals surface area contributed by atoms with E-state index in [0.717, 1.165) is 11.3 Å². The van der Waals surface area contributed by atoms with Crippen LogP contribution in [0.2, 0.25) is 0 Å². The number of carbonyl (C=O) groups is 3. The molecule has 2 heterocycles. The second kappa shape index (κ2) is 5.57. The van der Waals surface area contributed by atoms with Crippen LogP contribution in [0.25, 0.3) is 0 Å². The molecule has 1 saturated heterocycles. The van der Waals surface area contributed by atoms with Crippen LogP contribution >= 0.6 is 0 Å². The molecule has 23 heavy (non-hydrogen) atoms. The van der Waals surface area contributed by atoms with Crippen molar-refractivity contribution in [2.24, 2.45) is 0 Å². The number of methoxy groups -OCH3 is 1. The van der Waals surface area contributed by atoms with Crippen molar-refractivity contribution >= 4 is 23.4 Å². The number of carbonyl (C=O) groups excluding carboxylic acids is 3. The molecule has 0 aliphatic carbocycles. The molecule has 0 aromatic heterocycles. The first kappa shape index (κ1) is 15.3. The summed E-state index contributed by atoms with van der Waals surface area (Å²) < 4.78 is 5.46. The maximum atomic E-state index is 12.8. The molecule has 1 atom stereocenters. The molecule has 7 heteroatoms. The Morgan fingerprint density at radius 3 is 2.61 bits per heavy atom. The zero-order valence-electron chi connectivity index (χ0n) is 13.4.